The minimum Gasteiger partial charge on any atom is -0.388 e. The van der Waals surface area contributed by atoms with Gasteiger partial charge in [0.25, 0.3) is 0 Å². The number of aliphatic hydroxyl groups excluding tert-OH is 1. The van der Waals surface area contributed by atoms with Gasteiger partial charge in [0, 0.05) is 52.0 Å². The Morgan fingerprint density at radius 1 is 1.09 bits per heavy atom. The van der Waals surface area contributed by atoms with Crippen LogP contribution in [0.1, 0.15) is 37.0 Å². The number of likely N-dealkylation sites (N-methyl/N-ethyl adjacent to an activating group) is 1. The molecule has 3 rings (SSSR count). The van der Waals surface area contributed by atoms with Gasteiger partial charge < -0.3 is 19.8 Å². The molecule has 1 fully saturated rings. The van der Waals surface area contributed by atoms with E-state index in [2.05, 4.69) is 46.9 Å². The van der Waals surface area contributed by atoms with Crippen LogP contribution in [-0.2, 0) is 6.42 Å². The zero-order valence-electron chi connectivity index (χ0n) is 14.7. The molecule has 0 radical (unpaired) electrons. The molecule has 1 saturated heterocycles. The van der Waals surface area contributed by atoms with Gasteiger partial charge in [-0.2, -0.15) is 0 Å². The van der Waals surface area contributed by atoms with Crippen LogP contribution in [0.5, 0.6) is 0 Å². The van der Waals surface area contributed by atoms with Crippen molar-refractivity contribution in [3.8, 4) is 0 Å². The molecule has 128 valence electrons. The zero-order valence-corrected chi connectivity index (χ0v) is 14.7. The first-order chi connectivity index (χ1) is 11.2. The molecule has 2 aliphatic heterocycles. The summed E-state index contributed by atoms with van der Waals surface area (Å²) in [6.07, 6.45) is 2.85. The number of fused-ring (bicyclic) bond motifs is 1. The molecule has 2 heterocycles. The maximum absolute atomic E-state index is 10.6. The van der Waals surface area contributed by atoms with E-state index in [-0.39, 0.29) is 6.10 Å². The maximum atomic E-state index is 10.6. The predicted octanol–water partition coefficient (Wildman–Crippen LogP) is 2.13. The van der Waals surface area contributed by atoms with Crippen molar-refractivity contribution >= 4 is 5.69 Å². The van der Waals surface area contributed by atoms with Crippen LogP contribution < -0.4 is 4.90 Å². The van der Waals surface area contributed by atoms with Crippen molar-refractivity contribution in [1.82, 2.24) is 9.80 Å². The summed E-state index contributed by atoms with van der Waals surface area (Å²) in [5.74, 6) is 0. The van der Waals surface area contributed by atoms with Gasteiger partial charge in [0.2, 0.25) is 0 Å². The van der Waals surface area contributed by atoms with E-state index in [4.69, 9.17) is 0 Å². The number of hydrogen-bond acceptors (Lipinski definition) is 4. The first-order valence-corrected chi connectivity index (χ1v) is 9.14. The van der Waals surface area contributed by atoms with Crippen LogP contribution in [-0.4, -0.2) is 67.8 Å². The number of piperazine rings is 1. The van der Waals surface area contributed by atoms with E-state index >= 15 is 0 Å². The number of benzene rings is 1. The molecule has 23 heavy (non-hydrogen) atoms. The van der Waals surface area contributed by atoms with Gasteiger partial charge in [-0.25, -0.2) is 0 Å². The van der Waals surface area contributed by atoms with Gasteiger partial charge in [-0.15, -0.1) is 0 Å². The standard InChI is InChI=1S/C19H31N3O/c1-3-21-11-13-22(14-12-21)10-8-19(23)17-6-7-18-16(15-17)5-4-9-20(18)2/h6-7,15,19,23H,3-5,8-14H2,1-2H3. The average Bonchev–Trinajstić information content (AvgIpc) is 2.60. The molecule has 0 aromatic heterocycles. The van der Waals surface area contributed by atoms with E-state index in [1.807, 2.05) is 0 Å². The SMILES string of the molecule is CCN1CCN(CCC(O)c2ccc3c(c2)CCCN3C)CC1. The van der Waals surface area contributed by atoms with E-state index in [9.17, 15) is 5.11 Å². The van der Waals surface area contributed by atoms with E-state index in [1.165, 1.54) is 17.7 Å². The Morgan fingerprint density at radius 3 is 2.57 bits per heavy atom. The first kappa shape index (κ1) is 16.7. The molecule has 2 aliphatic rings. The van der Waals surface area contributed by atoms with Crippen molar-refractivity contribution in [2.75, 3.05) is 57.8 Å². The number of hydrogen-bond donors (Lipinski definition) is 1. The van der Waals surface area contributed by atoms with Crippen LogP contribution in [0, 0.1) is 0 Å². The number of nitrogens with zero attached hydrogens (tertiary/aromatic N) is 3. The monoisotopic (exact) mass is 317 g/mol. The highest BCUT2D eigenvalue weighted by Gasteiger charge is 2.19. The topological polar surface area (TPSA) is 30.0 Å². The smallest absolute Gasteiger partial charge is 0.0802 e. The van der Waals surface area contributed by atoms with Crippen LogP contribution in [0.3, 0.4) is 0 Å². The van der Waals surface area contributed by atoms with Crippen molar-refractivity contribution in [2.24, 2.45) is 0 Å². The molecular formula is C19H31N3O. The molecule has 4 nitrogen and oxygen atoms in total. The van der Waals surface area contributed by atoms with E-state index < -0.39 is 0 Å². The molecule has 1 aromatic carbocycles. The molecule has 1 atom stereocenters. The Morgan fingerprint density at radius 2 is 1.83 bits per heavy atom. The molecule has 0 aliphatic carbocycles. The van der Waals surface area contributed by atoms with E-state index in [1.54, 1.807) is 0 Å². The number of anilines is 1. The summed E-state index contributed by atoms with van der Waals surface area (Å²) in [4.78, 5) is 7.30. The largest absolute Gasteiger partial charge is 0.388 e. The van der Waals surface area contributed by atoms with Crippen molar-refractivity contribution < 1.29 is 5.11 Å². The number of aliphatic hydroxyl groups is 1. The number of aryl methyl sites for hydroxylation is 1. The van der Waals surface area contributed by atoms with Gasteiger partial charge in [-0.1, -0.05) is 19.1 Å². The van der Waals surface area contributed by atoms with Gasteiger partial charge in [0.1, 0.15) is 0 Å². The lowest BCUT2D eigenvalue weighted by atomic mass is 9.96. The fourth-order valence-corrected chi connectivity index (χ4v) is 3.81. The summed E-state index contributed by atoms with van der Waals surface area (Å²) in [7, 11) is 2.16. The third-order valence-corrected chi connectivity index (χ3v) is 5.47. The summed E-state index contributed by atoms with van der Waals surface area (Å²) in [5.41, 5.74) is 3.82. The van der Waals surface area contributed by atoms with E-state index in [0.717, 1.165) is 64.2 Å². The lowest BCUT2D eigenvalue weighted by Gasteiger charge is -2.34. The highest BCUT2D eigenvalue weighted by Crippen LogP contribution is 2.29. The first-order valence-electron chi connectivity index (χ1n) is 9.14. The van der Waals surface area contributed by atoms with Crippen molar-refractivity contribution in [3.63, 3.8) is 0 Å². The normalized spacial score (nSPS) is 21.3. The summed E-state index contributed by atoms with van der Waals surface area (Å²) < 4.78 is 0. The Kier molecular flexibility index (Phi) is 5.57. The van der Waals surface area contributed by atoms with Crippen LogP contribution in [0.25, 0.3) is 0 Å². The third-order valence-electron chi connectivity index (χ3n) is 5.47. The quantitative estimate of drug-likeness (QED) is 0.901. The Hall–Kier alpha value is -1.10. The molecule has 0 bridgehead atoms. The fourth-order valence-electron chi connectivity index (χ4n) is 3.81. The molecule has 0 amide bonds. The Labute approximate surface area is 140 Å². The maximum Gasteiger partial charge on any atom is 0.0802 e. The second-order valence-corrected chi connectivity index (χ2v) is 6.99. The van der Waals surface area contributed by atoms with Crippen molar-refractivity contribution in [2.45, 2.75) is 32.3 Å². The van der Waals surface area contributed by atoms with E-state index in [0.29, 0.717) is 0 Å². The summed E-state index contributed by atoms with van der Waals surface area (Å²) in [6, 6.07) is 6.53. The third kappa shape index (κ3) is 4.06. The molecular weight excluding hydrogens is 286 g/mol. The predicted molar refractivity (Wildman–Crippen MR) is 96.2 cm³/mol. The van der Waals surface area contributed by atoms with Crippen LogP contribution >= 0.6 is 0 Å². The minimum atomic E-state index is -0.336. The number of rotatable bonds is 5. The van der Waals surface area contributed by atoms with Crippen molar-refractivity contribution in [1.29, 1.82) is 0 Å². The Balaban J connectivity index is 1.53. The highest BCUT2D eigenvalue weighted by molar-refractivity contribution is 5.56. The summed E-state index contributed by atoms with van der Waals surface area (Å²) >= 11 is 0. The minimum absolute atomic E-state index is 0.336. The van der Waals surface area contributed by atoms with Crippen LogP contribution in [0.15, 0.2) is 18.2 Å². The van der Waals surface area contributed by atoms with Gasteiger partial charge in [-0.05, 0) is 43.0 Å². The van der Waals surface area contributed by atoms with Gasteiger partial charge in [-0.3, -0.25) is 0 Å². The fraction of sp³-hybridized carbons (Fsp3) is 0.684. The van der Waals surface area contributed by atoms with Crippen LogP contribution in [0.4, 0.5) is 5.69 Å². The highest BCUT2D eigenvalue weighted by atomic mass is 16.3. The molecule has 4 heteroatoms. The van der Waals surface area contributed by atoms with Crippen LogP contribution in [0.2, 0.25) is 0 Å². The molecule has 1 aromatic rings. The van der Waals surface area contributed by atoms with Crippen molar-refractivity contribution in [3.05, 3.63) is 29.3 Å². The van der Waals surface area contributed by atoms with Gasteiger partial charge in [0.05, 0.1) is 6.10 Å². The lowest BCUT2D eigenvalue weighted by molar-refractivity contribution is 0.105. The molecule has 1 unspecified atom stereocenters. The lowest BCUT2D eigenvalue weighted by Crippen LogP contribution is -2.46. The molecule has 1 N–H and O–H groups in total. The second kappa shape index (κ2) is 7.65. The average molecular weight is 317 g/mol. The summed E-state index contributed by atoms with van der Waals surface area (Å²) in [5, 5.41) is 10.6. The zero-order chi connectivity index (χ0) is 16.2. The van der Waals surface area contributed by atoms with Gasteiger partial charge >= 0.3 is 0 Å². The molecule has 0 saturated carbocycles. The Bertz CT molecular complexity index is 511. The molecule has 0 spiro atoms. The second-order valence-electron chi connectivity index (χ2n) is 6.99. The summed E-state index contributed by atoms with van der Waals surface area (Å²) in [6.45, 7) is 10.1. The van der Waals surface area contributed by atoms with Gasteiger partial charge in [0.15, 0.2) is 0 Å².